The fourth-order valence-electron chi connectivity index (χ4n) is 2.06. The highest BCUT2D eigenvalue weighted by Crippen LogP contribution is 2.30. The molecule has 1 heterocycles. The zero-order valence-electron chi connectivity index (χ0n) is 11.7. The highest BCUT2D eigenvalue weighted by molar-refractivity contribution is 5.88. The number of carbonyl (C=O) groups excluding carboxylic acids is 1. The molecule has 0 N–H and O–H groups in total. The SMILES string of the molecule is CCc1cc(=O)oc2cc(C)cc(OCC(=O)OC)c12. The molecule has 0 aliphatic carbocycles. The highest BCUT2D eigenvalue weighted by Gasteiger charge is 2.13. The molecule has 1 aromatic heterocycles. The van der Waals surface area contributed by atoms with Crippen molar-refractivity contribution in [2.24, 2.45) is 0 Å². The van der Waals surface area contributed by atoms with Gasteiger partial charge in [0.25, 0.3) is 0 Å². The lowest BCUT2D eigenvalue weighted by molar-refractivity contribution is -0.142. The summed E-state index contributed by atoms with van der Waals surface area (Å²) in [6.07, 6.45) is 0.666. The third kappa shape index (κ3) is 2.82. The molecule has 0 radical (unpaired) electrons. The molecular weight excluding hydrogens is 260 g/mol. The predicted molar refractivity (Wildman–Crippen MR) is 74.1 cm³/mol. The highest BCUT2D eigenvalue weighted by atomic mass is 16.6. The molecule has 0 atom stereocenters. The zero-order valence-corrected chi connectivity index (χ0v) is 11.7. The lowest BCUT2D eigenvalue weighted by Crippen LogP contribution is -2.13. The van der Waals surface area contributed by atoms with Crippen LogP contribution in [0.15, 0.2) is 27.4 Å². The summed E-state index contributed by atoms with van der Waals surface area (Å²) in [5.74, 6) is 0.0566. The van der Waals surface area contributed by atoms with Crippen molar-refractivity contribution in [1.29, 1.82) is 0 Å². The number of fused-ring (bicyclic) bond motifs is 1. The molecule has 0 bridgehead atoms. The van der Waals surface area contributed by atoms with Crippen LogP contribution >= 0.6 is 0 Å². The van der Waals surface area contributed by atoms with Crippen molar-refractivity contribution >= 4 is 16.9 Å². The molecule has 0 aliphatic heterocycles. The standard InChI is InChI=1S/C15H16O5/c1-4-10-7-13(16)20-12-6-9(2)5-11(15(10)12)19-8-14(17)18-3/h5-7H,4,8H2,1-3H3. The first kappa shape index (κ1) is 14.1. The Bertz CT molecular complexity index is 699. The fourth-order valence-corrected chi connectivity index (χ4v) is 2.06. The molecule has 0 spiro atoms. The third-order valence-electron chi connectivity index (χ3n) is 2.99. The number of hydrogen-bond donors (Lipinski definition) is 0. The van der Waals surface area contributed by atoms with E-state index in [1.807, 2.05) is 19.9 Å². The molecule has 0 fully saturated rings. The first-order valence-electron chi connectivity index (χ1n) is 6.32. The van der Waals surface area contributed by atoms with Gasteiger partial charge in [-0.25, -0.2) is 9.59 Å². The van der Waals surface area contributed by atoms with Gasteiger partial charge in [-0.05, 0) is 36.6 Å². The molecule has 2 aromatic rings. The monoisotopic (exact) mass is 276 g/mol. The Hall–Kier alpha value is -2.30. The van der Waals surface area contributed by atoms with Gasteiger partial charge in [0.1, 0.15) is 11.3 Å². The van der Waals surface area contributed by atoms with E-state index < -0.39 is 5.97 Å². The maximum absolute atomic E-state index is 11.5. The molecule has 0 amide bonds. The van der Waals surface area contributed by atoms with Gasteiger partial charge in [-0.15, -0.1) is 0 Å². The van der Waals surface area contributed by atoms with E-state index in [1.54, 1.807) is 6.07 Å². The topological polar surface area (TPSA) is 65.7 Å². The molecule has 0 saturated heterocycles. The molecule has 1 aromatic carbocycles. The van der Waals surface area contributed by atoms with E-state index in [2.05, 4.69) is 4.74 Å². The largest absolute Gasteiger partial charge is 0.481 e. The van der Waals surface area contributed by atoms with Gasteiger partial charge in [-0.2, -0.15) is 0 Å². The van der Waals surface area contributed by atoms with Crippen LogP contribution in [0.1, 0.15) is 18.1 Å². The van der Waals surface area contributed by atoms with E-state index >= 15 is 0 Å². The minimum Gasteiger partial charge on any atom is -0.481 e. The van der Waals surface area contributed by atoms with Gasteiger partial charge in [0.2, 0.25) is 0 Å². The average Bonchev–Trinajstić information content (AvgIpc) is 2.42. The number of esters is 1. The van der Waals surface area contributed by atoms with Crippen molar-refractivity contribution in [2.45, 2.75) is 20.3 Å². The van der Waals surface area contributed by atoms with Crippen LogP contribution < -0.4 is 10.4 Å². The van der Waals surface area contributed by atoms with Crippen LogP contribution in [0.2, 0.25) is 0 Å². The number of ether oxygens (including phenoxy) is 2. The number of rotatable bonds is 4. The number of hydrogen-bond acceptors (Lipinski definition) is 5. The minimum absolute atomic E-state index is 0.183. The van der Waals surface area contributed by atoms with Crippen LogP contribution in [-0.4, -0.2) is 19.7 Å². The Balaban J connectivity index is 2.57. The van der Waals surface area contributed by atoms with Gasteiger partial charge in [0.15, 0.2) is 6.61 Å². The fraction of sp³-hybridized carbons (Fsp3) is 0.333. The Kier molecular flexibility index (Phi) is 4.08. The maximum atomic E-state index is 11.5. The summed E-state index contributed by atoms with van der Waals surface area (Å²) in [6.45, 7) is 3.62. The van der Waals surface area contributed by atoms with Crippen LogP contribution in [0.5, 0.6) is 5.75 Å². The van der Waals surface area contributed by atoms with E-state index in [0.29, 0.717) is 17.8 Å². The average molecular weight is 276 g/mol. The smallest absolute Gasteiger partial charge is 0.343 e. The summed E-state index contributed by atoms with van der Waals surface area (Å²) in [5, 5.41) is 0.724. The summed E-state index contributed by atoms with van der Waals surface area (Å²) in [6, 6.07) is 5.04. The van der Waals surface area contributed by atoms with Crippen LogP contribution in [0.4, 0.5) is 0 Å². The van der Waals surface area contributed by atoms with Crippen molar-refractivity contribution in [3.63, 3.8) is 0 Å². The second kappa shape index (κ2) is 5.77. The van der Waals surface area contributed by atoms with Crippen LogP contribution in [-0.2, 0) is 16.0 Å². The Morgan fingerprint density at radius 2 is 2.05 bits per heavy atom. The van der Waals surface area contributed by atoms with E-state index in [9.17, 15) is 9.59 Å². The van der Waals surface area contributed by atoms with E-state index in [0.717, 1.165) is 16.5 Å². The summed E-state index contributed by atoms with van der Waals surface area (Å²) in [7, 11) is 1.30. The lowest BCUT2D eigenvalue weighted by atomic mass is 10.1. The summed E-state index contributed by atoms with van der Waals surface area (Å²) >= 11 is 0. The first-order valence-corrected chi connectivity index (χ1v) is 6.32. The number of aryl methyl sites for hydroxylation is 2. The summed E-state index contributed by atoms with van der Waals surface area (Å²) < 4.78 is 15.3. The van der Waals surface area contributed by atoms with Crippen molar-refractivity contribution in [1.82, 2.24) is 0 Å². The first-order chi connectivity index (χ1) is 9.55. The normalized spacial score (nSPS) is 10.6. The Morgan fingerprint density at radius 3 is 2.70 bits per heavy atom. The molecule has 0 unspecified atom stereocenters. The van der Waals surface area contributed by atoms with Gasteiger partial charge in [0, 0.05) is 6.07 Å². The van der Waals surface area contributed by atoms with E-state index in [-0.39, 0.29) is 12.2 Å². The Labute approximate surface area is 116 Å². The van der Waals surface area contributed by atoms with Gasteiger partial charge in [-0.1, -0.05) is 6.92 Å². The lowest BCUT2D eigenvalue weighted by Gasteiger charge is -2.11. The summed E-state index contributed by atoms with van der Waals surface area (Å²) in [5.41, 5.74) is 1.79. The molecule has 5 heteroatoms. The van der Waals surface area contributed by atoms with Crippen LogP contribution in [0.25, 0.3) is 11.0 Å². The van der Waals surface area contributed by atoms with Crippen molar-refractivity contribution in [3.05, 3.63) is 39.7 Å². The van der Waals surface area contributed by atoms with Crippen molar-refractivity contribution in [2.75, 3.05) is 13.7 Å². The zero-order chi connectivity index (χ0) is 14.7. The molecule has 106 valence electrons. The van der Waals surface area contributed by atoms with Crippen LogP contribution in [0.3, 0.4) is 0 Å². The third-order valence-corrected chi connectivity index (χ3v) is 2.99. The maximum Gasteiger partial charge on any atom is 0.343 e. The summed E-state index contributed by atoms with van der Waals surface area (Å²) in [4.78, 5) is 22.7. The molecule has 5 nitrogen and oxygen atoms in total. The number of methoxy groups -OCH3 is 1. The van der Waals surface area contributed by atoms with E-state index in [4.69, 9.17) is 9.15 Å². The van der Waals surface area contributed by atoms with Gasteiger partial charge in [-0.3, -0.25) is 0 Å². The second-order valence-corrected chi connectivity index (χ2v) is 4.45. The molecule has 0 aliphatic rings. The molecule has 0 saturated carbocycles. The quantitative estimate of drug-likeness (QED) is 0.632. The van der Waals surface area contributed by atoms with Gasteiger partial charge in [0.05, 0.1) is 12.5 Å². The number of carbonyl (C=O) groups is 1. The second-order valence-electron chi connectivity index (χ2n) is 4.45. The molecular formula is C15H16O5. The predicted octanol–water partition coefficient (Wildman–Crippen LogP) is 2.22. The Morgan fingerprint density at radius 1 is 1.30 bits per heavy atom. The van der Waals surface area contributed by atoms with Crippen LogP contribution in [0, 0.1) is 6.92 Å². The van der Waals surface area contributed by atoms with Crippen molar-refractivity contribution < 1.29 is 18.7 Å². The van der Waals surface area contributed by atoms with Gasteiger partial charge >= 0.3 is 11.6 Å². The molecule has 20 heavy (non-hydrogen) atoms. The molecule has 2 rings (SSSR count). The van der Waals surface area contributed by atoms with E-state index in [1.165, 1.54) is 13.2 Å². The van der Waals surface area contributed by atoms with Gasteiger partial charge < -0.3 is 13.9 Å². The minimum atomic E-state index is -0.463. The number of benzene rings is 1. The van der Waals surface area contributed by atoms with Crippen molar-refractivity contribution in [3.8, 4) is 5.75 Å².